The van der Waals surface area contributed by atoms with Gasteiger partial charge in [-0.1, -0.05) is 28.3 Å². The topological polar surface area (TPSA) is 111 Å². The van der Waals surface area contributed by atoms with E-state index in [1.807, 2.05) is 25.1 Å². The highest BCUT2D eigenvalue weighted by Crippen LogP contribution is 2.44. The number of fused-ring (bicyclic) bond motifs is 5. The molecule has 0 saturated heterocycles. The highest BCUT2D eigenvalue weighted by molar-refractivity contribution is 8.00. The lowest BCUT2D eigenvalue weighted by Crippen LogP contribution is -2.37. The first kappa shape index (κ1) is 18.4. The second kappa shape index (κ2) is 7.23. The Kier molecular flexibility index (Phi) is 4.75. The van der Waals surface area contributed by atoms with Crippen molar-refractivity contribution >= 4 is 29.4 Å². The highest BCUT2D eigenvalue weighted by atomic mass is 32.2. The van der Waals surface area contributed by atoms with E-state index >= 15 is 0 Å². The van der Waals surface area contributed by atoms with Gasteiger partial charge in [-0.15, -0.1) is 5.10 Å². The van der Waals surface area contributed by atoms with Gasteiger partial charge in [0.1, 0.15) is 10.4 Å². The summed E-state index contributed by atoms with van der Waals surface area (Å²) in [5, 5.41) is 18.1. The number of hydrogen-bond donors (Lipinski definition) is 0. The lowest BCUT2D eigenvalue weighted by atomic mass is 10.1. The van der Waals surface area contributed by atoms with E-state index in [1.165, 1.54) is 11.8 Å². The van der Waals surface area contributed by atoms with Crippen LogP contribution in [0, 0.1) is 6.92 Å². The number of esters is 2. The molecule has 0 bridgehead atoms. The van der Waals surface area contributed by atoms with Gasteiger partial charge in [-0.2, -0.15) is 5.11 Å². The van der Waals surface area contributed by atoms with Crippen LogP contribution in [0.5, 0.6) is 0 Å². The predicted octanol–water partition coefficient (Wildman–Crippen LogP) is 2.30. The SMILES string of the molecule is CCOC(=O)c1nnn2c1S[C@H]1[C@@H](C(=O)OCC)N=NN1c1cc(C)ccc1-2. The van der Waals surface area contributed by atoms with Crippen molar-refractivity contribution in [1.82, 2.24) is 15.0 Å². The van der Waals surface area contributed by atoms with E-state index in [0.717, 1.165) is 5.56 Å². The molecule has 0 N–H and O–H groups in total. The Morgan fingerprint density at radius 2 is 1.96 bits per heavy atom. The van der Waals surface area contributed by atoms with E-state index in [0.29, 0.717) is 16.4 Å². The summed E-state index contributed by atoms with van der Waals surface area (Å²) in [6.45, 7) is 5.87. The molecule has 0 unspecified atom stereocenters. The van der Waals surface area contributed by atoms with Crippen molar-refractivity contribution in [1.29, 1.82) is 0 Å². The first-order valence-electron chi connectivity index (χ1n) is 8.82. The van der Waals surface area contributed by atoms with Crippen LogP contribution in [0.2, 0.25) is 0 Å². The molecule has 1 aromatic heterocycles. The molecule has 0 aliphatic carbocycles. The van der Waals surface area contributed by atoms with Gasteiger partial charge in [0.2, 0.25) is 11.7 Å². The zero-order chi connectivity index (χ0) is 19.8. The number of hydrogen-bond acceptors (Lipinski definition) is 10. The Morgan fingerprint density at radius 1 is 1.18 bits per heavy atom. The van der Waals surface area contributed by atoms with Crippen LogP contribution < -0.4 is 5.01 Å². The van der Waals surface area contributed by atoms with E-state index in [-0.39, 0.29) is 18.9 Å². The van der Waals surface area contributed by atoms with E-state index in [2.05, 4.69) is 20.6 Å². The summed E-state index contributed by atoms with van der Waals surface area (Å²) in [7, 11) is 0. The molecule has 10 nitrogen and oxygen atoms in total. The molecule has 2 aliphatic heterocycles. The number of ether oxygens (including phenoxy) is 2. The Hall–Kier alpha value is -2.95. The Labute approximate surface area is 164 Å². The van der Waals surface area contributed by atoms with Crippen LogP contribution in [-0.2, 0) is 14.3 Å². The van der Waals surface area contributed by atoms with Crippen molar-refractivity contribution in [3.05, 3.63) is 29.5 Å². The molecule has 0 fully saturated rings. The van der Waals surface area contributed by atoms with E-state index < -0.39 is 23.4 Å². The number of aromatic nitrogens is 3. The van der Waals surface area contributed by atoms with Crippen LogP contribution in [-0.4, -0.2) is 51.6 Å². The molecule has 2 atom stereocenters. The van der Waals surface area contributed by atoms with Crippen molar-refractivity contribution in [2.45, 2.75) is 37.2 Å². The fourth-order valence-electron chi connectivity index (χ4n) is 3.02. The summed E-state index contributed by atoms with van der Waals surface area (Å²) < 4.78 is 11.8. The van der Waals surface area contributed by atoms with Crippen LogP contribution in [0.15, 0.2) is 33.6 Å². The molecular weight excluding hydrogens is 384 g/mol. The average molecular weight is 402 g/mol. The van der Waals surface area contributed by atoms with Gasteiger partial charge in [0.25, 0.3) is 0 Å². The molecule has 146 valence electrons. The van der Waals surface area contributed by atoms with Crippen molar-refractivity contribution in [2.24, 2.45) is 10.3 Å². The van der Waals surface area contributed by atoms with Crippen LogP contribution >= 0.6 is 11.8 Å². The molecular formula is C17H18N6O4S. The van der Waals surface area contributed by atoms with Crippen LogP contribution in [0.4, 0.5) is 5.69 Å². The summed E-state index contributed by atoms with van der Waals surface area (Å²) in [6.07, 6.45) is 0. The van der Waals surface area contributed by atoms with Gasteiger partial charge >= 0.3 is 11.9 Å². The van der Waals surface area contributed by atoms with E-state index in [4.69, 9.17) is 9.47 Å². The molecule has 0 amide bonds. The van der Waals surface area contributed by atoms with Gasteiger partial charge in [0, 0.05) is 0 Å². The number of thioether (sulfide) groups is 1. The number of carbonyl (C=O) groups is 2. The summed E-state index contributed by atoms with van der Waals surface area (Å²) in [4.78, 5) is 24.8. The minimum atomic E-state index is -0.838. The summed E-state index contributed by atoms with van der Waals surface area (Å²) in [5.74, 6) is -1.04. The van der Waals surface area contributed by atoms with E-state index in [9.17, 15) is 9.59 Å². The summed E-state index contributed by atoms with van der Waals surface area (Å²) in [5.41, 5.74) is 2.50. The maximum atomic E-state index is 12.4. The Morgan fingerprint density at radius 3 is 2.71 bits per heavy atom. The number of rotatable bonds is 4. The minimum absolute atomic E-state index is 0.0923. The van der Waals surface area contributed by atoms with Gasteiger partial charge < -0.3 is 9.47 Å². The van der Waals surface area contributed by atoms with Crippen molar-refractivity contribution in [2.75, 3.05) is 18.2 Å². The zero-order valence-corrected chi connectivity index (χ0v) is 16.3. The fourth-order valence-corrected chi connectivity index (χ4v) is 4.27. The third-order valence-corrected chi connectivity index (χ3v) is 5.54. The minimum Gasteiger partial charge on any atom is -0.464 e. The normalized spacial score (nSPS) is 19.5. The number of aryl methyl sites for hydroxylation is 1. The molecule has 0 saturated carbocycles. The average Bonchev–Trinajstić information content (AvgIpc) is 3.24. The molecule has 28 heavy (non-hydrogen) atoms. The number of nitrogens with zero attached hydrogens (tertiary/aromatic N) is 6. The number of anilines is 1. The number of benzene rings is 1. The summed E-state index contributed by atoms with van der Waals surface area (Å²) in [6, 6.07) is 4.88. The first-order valence-corrected chi connectivity index (χ1v) is 9.70. The zero-order valence-electron chi connectivity index (χ0n) is 15.5. The molecule has 4 rings (SSSR count). The van der Waals surface area contributed by atoms with Gasteiger partial charge in [-0.3, -0.25) is 0 Å². The second-order valence-electron chi connectivity index (χ2n) is 6.12. The third-order valence-electron chi connectivity index (χ3n) is 4.25. The van der Waals surface area contributed by atoms with Gasteiger partial charge in [0.15, 0.2) is 0 Å². The monoisotopic (exact) mass is 402 g/mol. The second-order valence-corrected chi connectivity index (χ2v) is 7.23. The molecule has 2 aromatic rings. The van der Waals surface area contributed by atoms with Crippen LogP contribution in [0.1, 0.15) is 29.9 Å². The first-order chi connectivity index (χ1) is 13.5. The predicted molar refractivity (Wildman–Crippen MR) is 99.5 cm³/mol. The smallest absolute Gasteiger partial charge is 0.361 e. The lowest BCUT2D eigenvalue weighted by molar-refractivity contribution is -0.144. The molecule has 0 spiro atoms. The Balaban J connectivity index is 1.85. The van der Waals surface area contributed by atoms with Crippen LogP contribution in [0.25, 0.3) is 5.69 Å². The van der Waals surface area contributed by atoms with Crippen molar-refractivity contribution < 1.29 is 19.1 Å². The molecule has 2 aliphatic rings. The Bertz CT molecular complexity index is 975. The van der Waals surface area contributed by atoms with Gasteiger partial charge in [0.05, 0.1) is 24.6 Å². The standard InChI is InChI=1S/C17H18N6O4S/c1-4-26-16(24)12-14-22(20-18-12)10-7-6-9(3)8-11(10)23-15(28-14)13(19-21-23)17(25)27-5-2/h6-8,13,15H,4-5H2,1-3H3/t13-,15-/m0/s1. The largest absolute Gasteiger partial charge is 0.464 e. The summed E-state index contributed by atoms with van der Waals surface area (Å²) >= 11 is 1.24. The molecule has 0 radical (unpaired) electrons. The third kappa shape index (κ3) is 2.91. The van der Waals surface area contributed by atoms with Crippen molar-refractivity contribution in [3.8, 4) is 5.69 Å². The van der Waals surface area contributed by atoms with E-state index in [1.54, 1.807) is 23.5 Å². The highest BCUT2D eigenvalue weighted by Gasteiger charge is 2.45. The maximum Gasteiger partial charge on any atom is 0.361 e. The maximum absolute atomic E-state index is 12.4. The molecule has 3 heterocycles. The quantitative estimate of drug-likeness (QED) is 0.716. The van der Waals surface area contributed by atoms with Crippen molar-refractivity contribution in [3.63, 3.8) is 0 Å². The molecule has 11 heteroatoms. The lowest BCUT2D eigenvalue weighted by Gasteiger charge is -2.22. The fraction of sp³-hybridized carbons (Fsp3) is 0.412. The van der Waals surface area contributed by atoms with Gasteiger partial charge in [-0.05, 0) is 38.5 Å². The van der Waals surface area contributed by atoms with Gasteiger partial charge in [-0.25, -0.2) is 19.3 Å². The molecule has 1 aromatic carbocycles. The number of carbonyl (C=O) groups excluding carboxylic acids is 2. The van der Waals surface area contributed by atoms with Crippen LogP contribution in [0.3, 0.4) is 0 Å².